The zero-order valence-electron chi connectivity index (χ0n) is 62.4. The molecule has 2 aromatic rings. The number of carboxylic acids is 2. The lowest BCUT2D eigenvalue weighted by molar-refractivity contribution is -0.149. The van der Waals surface area contributed by atoms with Crippen LogP contribution < -0.4 is 65.1 Å². The zero-order chi connectivity index (χ0) is 80.1. The van der Waals surface area contributed by atoms with Crippen molar-refractivity contribution in [3.05, 3.63) is 71.8 Å². The number of guanidine groups is 1. The molecule has 36 heteroatoms. The smallest absolute Gasteiger partial charge is 0.326 e. The number of aliphatic hydroxyl groups excluding tert-OH is 2. The maximum atomic E-state index is 14.9. The van der Waals surface area contributed by atoms with Crippen molar-refractivity contribution >= 4 is 94.7 Å². The Morgan fingerprint density at radius 3 is 1.55 bits per heavy atom. The second-order valence-electron chi connectivity index (χ2n) is 27.5. The van der Waals surface area contributed by atoms with Gasteiger partial charge in [-0.2, -0.15) is 0 Å². The van der Waals surface area contributed by atoms with Crippen LogP contribution in [0.5, 0.6) is 0 Å². The van der Waals surface area contributed by atoms with Gasteiger partial charge >= 0.3 is 11.9 Å². The highest BCUT2D eigenvalue weighted by Crippen LogP contribution is 2.28. The number of likely N-dealkylation sites (tertiary alicyclic amines) is 3. The normalized spacial score (nSPS) is 18.7. The Kier molecular flexibility index (Phi) is 35.5. The summed E-state index contributed by atoms with van der Waals surface area (Å²) in [6.45, 7) is 9.11. The summed E-state index contributed by atoms with van der Waals surface area (Å²) in [4.78, 5) is 216. The van der Waals surface area contributed by atoms with Crippen LogP contribution in [-0.4, -0.2) is 259 Å². The third-order valence-electron chi connectivity index (χ3n) is 19.6. The Morgan fingerprint density at radius 2 is 1.01 bits per heavy atom. The standard InChI is InChI=1S/C72H109N17O19/c1-8-40(5)57(66(102)80-45(10-3)60(96)81-48(34-43-22-14-12-15-23-43)67(103)87-31-19-27-51(87)64(100)82-49(71(107)108)35-56(94)95)83-65(101)52-28-20-32-88(52)68(104)53-29-21-33-89(53)70(106)58(41(6)9-2)84-63(99)50(39-90)78-55(93)38-86(37-44-24-16-13-17-25-44)69(105)59(42(7)91)85-61(97)46(11-4)79-62(98)47(77-54(92)36-73)26-18-30-76-72(74)75/h12-17,22-25,40-42,45-53,57-59,90-91H,8-11,18-21,26-39,73H2,1-7H3,(H,77,92)(H,78,93)(H,79,98)(H,80,102)(H,81,96)(H,82,100)(H,83,101)(H,84,99)(H,85,97)(H,94,95)(H,107,108)(H4,74,75,76)/t40-,41-,42-,45-,46-,47-,48-,49-,50-,51-,52-,53-,57-,58-,59-/m0/s1. The average Bonchev–Trinajstić information content (AvgIpc) is 1.60. The van der Waals surface area contributed by atoms with Crippen LogP contribution in [0.3, 0.4) is 0 Å². The topological polar surface area (TPSA) is 549 Å². The third-order valence-corrected chi connectivity index (χ3v) is 19.6. The van der Waals surface area contributed by atoms with Gasteiger partial charge in [0.15, 0.2) is 5.96 Å². The van der Waals surface area contributed by atoms with Crippen molar-refractivity contribution in [2.75, 3.05) is 45.9 Å². The van der Waals surface area contributed by atoms with Gasteiger partial charge in [0.1, 0.15) is 72.5 Å². The van der Waals surface area contributed by atoms with Crippen molar-refractivity contribution in [3.8, 4) is 0 Å². The average molecular weight is 1520 g/mol. The van der Waals surface area contributed by atoms with E-state index < -0.39 is 205 Å². The first kappa shape index (κ1) is 88.3. The summed E-state index contributed by atoms with van der Waals surface area (Å²) in [5, 5.41) is 63.7. The number of nitrogens with zero attached hydrogens (tertiary/aromatic N) is 5. The third kappa shape index (κ3) is 25.7. The monoisotopic (exact) mass is 1520 g/mol. The highest BCUT2D eigenvalue weighted by atomic mass is 16.4. The second-order valence-corrected chi connectivity index (χ2v) is 27.5. The minimum absolute atomic E-state index is 0.000428. The minimum atomic E-state index is -1.78. The fraction of sp³-hybridized carbons (Fsp3) is 0.611. The van der Waals surface area contributed by atoms with E-state index in [1.165, 1.54) is 21.6 Å². The first-order valence-corrected chi connectivity index (χ1v) is 36.8. The van der Waals surface area contributed by atoms with Crippen molar-refractivity contribution in [1.82, 2.24) is 67.5 Å². The molecule has 0 bridgehead atoms. The van der Waals surface area contributed by atoms with Crippen LogP contribution in [-0.2, 0) is 84.9 Å². The fourth-order valence-corrected chi connectivity index (χ4v) is 13.0. The Hall–Kier alpha value is -10.4. The molecule has 0 spiro atoms. The number of carboxylic acid groups (broad SMARTS) is 2. The van der Waals surface area contributed by atoms with Crippen molar-refractivity contribution in [2.24, 2.45) is 34.0 Å². The van der Waals surface area contributed by atoms with Gasteiger partial charge in [-0.3, -0.25) is 72.1 Å². The first-order valence-electron chi connectivity index (χ1n) is 36.8. The highest BCUT2D eigenvalue weighted by Gasteiger charge is 2.47. The lowest BCUT2D eigenvalue weighted by Crippen LogP contribution is -2.61. The van der Waals surface area contributed by atoms with Gasteiger partial charge in [0.05, 0.1) is 32.2 Å². The SMILES string of the molecule is CC[C@H](NC(=O)[C@H](CCCN=C(N)N)NC(=O)CN)C(=O)N[C@H](C(=O)N(CC(=O)N[C@@H](CO)C(=O)N[C@H](C(=O)N1CCC[C@H]1C(=O)N1CCC[C@H]1C(=O)N[C@H](C(=O)N[C@@H](CC)C(=O)N[C@@H](Cc1ccccc1)C(=O)N1CCC[C@H]1C(=O)N[C@@H](CC(=O)O)C(=O)O)[C@@H](C)CC)[C@@H](C)CC)Cc1ccccc1)[C@H](C)O. The Labute approximate surface area is 627 Å². The molecular weight excluding hydrogens is 1410 g/mol. The number of aliphatic imine (C=N–C) groups is 1. The molecule has 13 amide bonds. The van der Waals surface area contributed by atoms with E-state index in [1.807, 2.05) is 0 Å². The molecule has 3 aliphatic rings. The molecular formula is C72H109N17O19. The number of hydrogen-bond acceptors (Lipinski definition) is 19. The number of aliphatic carboxylic acids is 2. The van der Waals surface area contributed by atoms with E-state index in [9.17, 15) is 92.3 Å². The lowest BCUT2D eigenvalue weighted by atomic mass is 9.96. The summed E-state index contributed by atoms with van der Waals surface area (Å²) in [5.74, 6) is -14.8. The van der Waals surface area contributed by atoms with Gasteiger partial charge in [-0.15, -0.1) is 0 Å². The number of benzene rings is 2. The van der Waals surface area contributed by atoms with E-state index in [-0.39, 0.29) is 90.0 Å². The lowest BCUT2D eigenvalue weighted by Gasteiger charge is -2.35. The predicted octanol–water partition coefficient (Wildman–Crippen LogP) is -3.55. The molecule has 0 aromatic heterocycles. The number of rotatable bonds is 42. The summed E-state index contributed by atoms with van der Waals surface area (Å²) >= 11 is 0. The van der Waals surface area contributed by atoms with Crippen molar-refractivity contribution < 1.29 is 92.3 Å². The van der Waals surface area contributed by atoms with Gasteiger partial charge in [0.2, 0.25) is 76.8 Å². The molecule has 15 atom stereocenters. The van der Waals surface area contributed by atoms with E-state index in [0.29, 0.717) is 43.2 Å². The van der Waals surface area contributed by atoms with E-state index in [0.717, 1.165) is 4.90 Å². The zero-order valence-corrected chi connectivity index (χ0v) is 62.4. The van der Waals surface area contributed by atoms with Crippen LogP contribution in [0.4, 0.5) is 0 Å². The van der Waals surface area contributed by atoms with Crippen LogP contribution in [0.25, 0.3) is 0 Å². The molecule has 2 aromatic carbocycles. The maximum absolute atomic E-state index is 14.9. The van der Waals surface area contributed by atoms with Crippen LogP contribution in [0, 0.1) is 11.8 Å². The molecule has 3 saturated heterocycles. The molecule has 0 radical (unpaired) electrons. The van der Waals surface area contributed by atoms with Crippen molar-refractivity contribution in [1.29, 1.82) is 0 Å². The number of hydrogen-bond donors (Lipinski definition) is 16. The maximum Gasteiger partial charge on any atom is 0.326 e. The molecule has 0 unspecified atom stereocenters. The van der Waals surface area contributed by atoms with Crippen LogP contribution in [0.2, 0.25) is 0 Å². The largest absolute Gasteiger partial charge is 0.481 e. The van der Waals surface area contributed by atoms with E-state index in [4.69, 9.17) is 17.2 Å². The number of amides is 13. The van der Waals surface area contributed by atoms with Gasteiger partial charge in [0, 0.05) is 39.1 Å². The Balaban J connectivity index is 1.27. The van der Waals surface area contributed by atoms with E-state index in [2.05, 4.69) is 52.8 Å². The quantitative estimate of drug-likeness (QED) is 0.0174. The molecule has 19 N–H and O–H groups in total. The number of carbonyl (C=O) groups is 15. The van der Waals surface area contributed by atoms with Gasteiger partial charge in [-0.1, -0.05) is 115 Å². The van der Waals surface area contributed by atoms with Crippen LogP contribution >= 0.6 is 0 Å². The van der Waals surface area contributed by atoms with Crippen LogP contribution in [0.1, 0.15) is 143 Å². The Bertz CT molecular complexity index is 3490. The molecule has 0 aliphatic carbocycles. The molecule has 3 heterocycles. The van der Waals surface area contributed by atoms with Crippen LogP contribution in [0.15, 0.2) is 65.7 Å². The number of nitrogens with two attached hydrogens (primary N) is 3. The molecule has 108 heavy (non-hydrogen) atoms. The van der Waals surface area contributed by atoms with E-state index >= 15 is 0 Å². The van der Waals surface area contributed by atoms with Gasteiger partial charge in [0.25, 0.3) is 0 Å². The second kappa shape index (κ2) is 43.4. The molecule has 596 valence electrons. The van der Waals surface area contributed by atoms with Crippen molar-refractivity contribution in [3.63, 3.8) is 0 Å². The molecule has 0 saturated carbocycles. The summed E-state index contributed by atoms with van der Waals surface area (Å²) in [5.41, 5.74) is 17.4. The predicted molar refractivity (Wildman–Crippen MR) is 391 cm³/mol. The summed E-state index contributed by atoms with van der Waals surface area (Å²) in [6, 6.07) is 0.577. The Morgan fingerprint density at radius 1 is 0.528 bits per heavy atom. The first-order chi connectivity index (χ1) is 51.3. The number of aliphatic hydroxyl groups is 2. The number of nitrogens with one attached hydrogen (secondary N) is 9. The number of carbonyl (C=O) groups excluding carboxylic acids is 13. The van der Waals surface area contributed by atoms with Crippen molar-refractivity contribution in [2.45, 2.75) is 224 Å². The summed E-state index contributed by atoms with van der Waals surface area (Å²) in [7, 11) is 0. The molecule has 3 aliphatic heterocycles. The van der Waals surface area contributed by atoms with E-state index in [1.54, 1.807) is 102 Å². The molecule has 3 fully saturated rings. The van der Waals surface area contributed by atoms with Gasteiger partial charge in [-0.25, -0.2) is 4.79 Å². The molecule has 5 rings (SSSR count). The fourth-order valence-electron chi connectivity index (χ4n) is 13.0. The summed E-state index contributed by atoms with van der Waals surface area (Å²) in [6.07, 6.45) is -0.158. The van der Waals surface area contributed by atoms with Gasteiger partial charge < -0.3 is 105 Å². The minimum Gasteiger partial charge on any atom is -0.481 e. The summed E-state index contributed by atoms with van der Waals surface area (Å²) < 4.78 is 0. The molecule has 36 nitrogen and oxygen atoms in total. The highest BCUT2D eigenvalue weighted by molar-refractivity contribution is 6.00. The van der Waals surface area contributed by atoms with Gasteiger partial charge in [-0.05, 0) is 94.1 Å².